The summed E-state index contributed by atoms with van der Waals surface area (Å²) >= 11 is 0. The zero-order valence-electron chi connectivity index (χ0n) is 14.3. The quantitative estimate of drug-likeness (QED) is 0.855. The zero-order chi connectivity index (χ0) is 17.1. The van der Waals surface area contributed by atoms with Gasteiger partial charge in [0.15, 0.2) is 6.10 Å². The van der Waals surface area contributed by atoms with Crippen molar-refractivity contribution in [3.05, 3.63) is 54.6 Å². The third kappa shape index (κ3) is 3.23. The van der Waals surface area contributed by atoms with Crippen molar-refractivity contribution in [3.8, 4) is 11.5 Å². The molecule has 2 aromatic rings. The molecule has 4 nitrogen and oxygen atoms in total. The summed E-state index contributed by atoms with van der Waals surface area (Å²) in [6, 6.07) is 17.1. The van der Waals surface area contributed by atoms with Crippen LogP contribution in [0.25, 0.3) is 0 Å². The summed E-state index contributed by atoms with van der Waals surface area (Å²) in [4.78, 5) is 15.1. The van der Waals surface area contributed by atoms with Crippen molar-refractivity contribution in [2.75, 3.05) is 11.5 Å². The molecule has 1 aliphatic rings. The Kier molecular flexibility index (Phi) is 4.74. The molecule has 1 amide bonds. The maximum Gasteiger partial charge on any atom is 0.268 e. The van der Waals surface area contributed by atoms with Crippen molar-refractivity contribution in [1.82, 2.24) is 0 Å². The second-order valence-corrected chi connectivity index (χ2v) is 6.43. The topological polar surface area (TPSA) is 38.8 Å². The maximum absolute atomic E-state index is 13.3. The highest BCUT2D eigenvalue weighted by Gasteiger charge is 2.36. The van der Waals surface area contributed by atoms with Gasteiger partial charge in [0, 0.05) is 0 Å². The highest BCUT2D eigenvalue weighted by molar-refractivity contribution is 5.99. The molecule has 4 heteroatoms. The number of hydrogen-bond acceptors (Lipinski definition) is 3. The molecule has 0 saturated heterocycles. The number of anilines is 1. The number of hydrogen-bond donors (Lipinski definition) is 0. The van der Waals surface area contributed by atoms with Crippen LogP contribution in [0.2, 0.25) is 0 Å². The van der Waals surface area contributed by atoms with Gasteiger partial charge in [0.1, 0.15) is 18.1 Å². The molecule has 0 unspecified atom stereocenters. The van der Waals surface area contributed by atoms with Crippen LogP contribution in [0.5, 0.6) is 11.5 Å². The lowest BCUT2D eigenvalue weighted by Gasteiger charge is -2.37. The molecule has 126 valence electrons. The van der Waals surface area contributed by atoms with E-state index >= 15 is 0 Å². The van der Waals surface area contributed by atoms with Gasteiger partial charge in [0.2, 0.25) is 0 Å². The van der Waals surface area contributed by atoms with Crippen LogP contribution in [-0.4, -0.2) is 24.7 Å². The van der Waals surface area contributed by atoms with Gasteiger partial charge in [-0.05, 0) is 37.1 Å². The van der Waals surface area contributed by atoms with E-state index in [1.165, 1.54) is 0 Å². The Hall–Kier alpha value is -2.49. The van der Waals surface area contributed by atoms with E-state index in [9.17, 15) is 4.79 Å². The number of rotatable bonds is 4. The van der Waals surface area contributed by atoms with Gasteiger partial charge in [-0.2, -0.15) is 0 Å². The van der Waals surface area contributed by atoms with Crippen LogP contribution >= 0.6 is 0 Å². The van der Waals surface area contributed by atoms with E-state index in [1.54, 1.807) is 0 Å². The zero-order valence-corrected chi connectivity index (χ0v) is 14.3. The standard InChI is InChI=1S/C20H23NO3/c1-14(2)19(24-16-9-5-4-6-10-16)20(22)21-15(3)13-23-18-12-8-7-11-17(18)21/h4-12,14-15,19H,13H2,1-3H3/t15-,19-/m1/s1. The minimum atomic E-state index is -0.541. The molecule has 3 rings (SSSR count). The molecule has 1 aliphatic heterocycles. The third-order valence-corrected chi connectivity index (χ3v) is 4.14. The highest BCUT2D eigenvalue weighted by Crippen LogP contribution is 2.34. The molecule has 0 fully saturated rings. The molecular formula is C20H23NO3. The molecule has 0 bridgehead atoms. The Bertz CT molecular complexity index is 699. The van der Waals surface area contributed by atoms with Gasteiger partial charge < -0.3 is 9.47 Å². The van der Waals surface area contributed by atoms with E-state index in [0.717, 1.165) is 11.4 Å². The molecule has 0 N–H and O–H groups in total. The van der Waals surface area contributed by atoms with Crippen LogP contribution in [0, 0.1) is 5.92 Å². The van der Waals surface area contributed by atoms with Gasteiger partial charge in [0.05, 0.1) is 11.7 Å². The average Bonchev–Trinajstić information content (AvgIpc) is 2.59. The molecule has 2 atom stereocenters. The number of para-hydroxylation sites is 3. The fourth-order valence-electron chi connectivity index (χ4n) is 2.89. The molecular weight excluding hydrogens is 302 g/mol. The molecule has 2 aromatic carbocycles. The lowest BCUT2D eigenvalue weighted by atomic mass is 10.0. The van der Waals surface area contributed by atoms with E-state index < -0.39 is 6.10 Å². The van der Waals surface area contributed by atoms with E-state index in [4.69, 9.17) is 9.47 Å². The van der Waals surface area contributed by atoms with Gasteiger partial charge in [0.25, 0.3) is 5.91 Å². The van der Waals surface area contributed by atoms with Crippen molar-refractivity contribution in [2.24, 2.45) is 5.92 Å². The Morgan fingerprint density at radius 2 is 1.79 bits per heavy atom. The maximum atomic E-state index is 13.3. The second-order valence-electron chi connectivity index (χ2n) is 6.43. The van der Waals surface area contributed by atoms with Gasteiger partial charge in [-0.1, -0.05) is 44.2 Å². The molecule has 0 saturated carbocycles. The summed E-state index contributed by atoms with van der Waals surface area (Å²) < 4.78 is 11.8. The smallest absolute Gasteiger partial charge is 0.268 e. The molecule has 1 heterocycles. The van der Waals surface area contributed by atoms with Gasteiger partial charge in [-0.15, -0.1) is 0 Å². The predicted molar refractivity (Wildman–Crippen MR) is 94.6 cm³/mol. The van der Waals surface area contributed by atoms with Gasteiger partial charge >= 0.3 is 0 Å². The fraction of sp³-hybridized carbons (Fsp3) is 0.350. The summed E-state index contributed by atoms with van der Waals surface area (Å²) in [6.45, 7) is 6.48. The Labute approximate surface area is 143 Å². The first kappa shape index (κ1) is 16.4. The minimum absolute atomic E-state index is 0.0305. The summed E-state index contributed by atoms with van der Waals surface area (Å²) in [5.41, 5.74) is 0.809. The van der Waals surface area contributed by atoms with Crippen molar-refractivity contribution >= 4 is 11.6 Å². The lowest BCUT2D eigenvalue weighted by Crippen LogP contribution is -2.52. The SMILES string of the molecule is CC(C)[C@@H](Oc1ccccc1)C(=O)N1c2ccccc2OC[C@H]1C. The monoisotopic (exact) mass is 325 g/mol. The van der Waals surface area contributed by atoms with Crippen molar-refractivity contribution < 1.29 is 14.3 Å². The average molecular weight is 325 g/mol. The first-order valence-corrected chi connectivity index (χ1v) is 8.34. The first-order valence-electron chi connectivity index (χ1n) is 8.34. The van der Waals surface area contributed by atoms with Gasteiger partial charge in [-0.3, -0.25) is 9.69 Å². The Balaban J connectivity index is 1.90. The number of fused-ring (bicyclic) bond motifs is 1. The highest BCUT2D eigenvalue weighted by atomic mass is 16.5. The van der Waals surface area contributed by atoms with Gasteiger partial charge in [-0.25, -0.2) is 0 Å². The summed E-state index contributed by atoms with van der Waals surface area (Å²) in [5, 5.41) is 0. The van der Waals surface area contributed by atoms with E-state index in [-0.39, 0.29) is 17.9 Å². The normalized spacial score (nSPS) is 17.8. The Morgan fingerprint density at radius 3 is 2.50 bits per heavy atom. The summed E-state index contributed by atoms with van der Waals surface area (Å²) in [6.07, 6.45) is -0.541. The molecule has 0 spiro atoms. The van der Waals surface area contributed by atoms with Crippen molar-refractivity contribution in [1.29, 1.82) is 0 Å². The Morgan fingerprint density at radius 1 is 1.12 bits per heavy atom. The van der Waals surface area contributed by atoms with E-state index in [1.807, 2.05) is 80.3 Å². The van der Waals surface area contributed by atoms with E-state index in [2.05, 4.69) is 0 Å². The van der Waals surface area contributed by atoms with Crippen LogP contribution < -0.4 is 14.4 Å². The van der Waals surface area contributed by atoms with Crippen molar-refractivity contribution in [3.63, 3.8) is 0 Å². The van der Waals surface area contributed by atoms with Crippen molar-refractivity contribution in [2.45, 2.75) is 32.9 Å². The number of carbonyl (C=O) groups is 1. The number of benzene rings is 2. The predicted octanol–water partition coefficient (Wildman–Crippen LogP) is 3.90. The summed E-state index contributed by atoms with van der Waals surface area (Å²) in [5.74, 6) is 1.47. The van der Waals surface area contributed by atoms with Crippen LogP contribution in [-0.2, 0) is 4.79 Å². The fourth-order valence-corrected chi connectivity index (χ4v) is 2.89. The number of carbonyl (C=O) groups excluding carboxylic acids is 1. The minimum Gasteiger partial charge on any atom is -0.489 e. The number of amides is 1. The first-order chi connectivity index (χ1) is 11.6. The van der Waals surface area contributed by atoms with Crippen LogP contribution in [0.1, 0.15) is 20.8 Å². The second kappa shape index (κ2) is 6.95. The molecule has 0 aliphatic carbocycles. The van der Waals surface area contributed by atoms with Crippen LogP contribution in [0.4, 0.5) is 5.69 Å². The molecule has 0 aromatic heterocycles. The van der Waals surface area contributed by atoms with Crippen LogP contribution in [0.3, 0.4) is 0 Å². The molecule has 24 heavy (non-hydrogen) atoms. The number of nitrogens with zero attached hydrogens (tertiary/aromatic N) is 1. The summed E-state index contributed by atoms with van der Waals surface area (Å²) in [7, 11) is 0. The largest absolute Gasteiger partial charge is 0.489 e. The number of ether oxygens (including phenoxy) is 2. The van der Waals surface area contributed by atoms with E-state index in [0.29, 0.717) is 12.4 Å². The third-order valence-electron chi connectivity index (χ3n) is 4.14. The molecule has 0 radical (unpaired) electrons. The lowest BCUT2D eigenvalue weighted by molar-refractivity contribution is -0.127. The van der Waals surface area contributed by atoms with Crippen LogP contribution in [0.15, 0.2) is 54.6 Å².